The van der Waals surface area contributed by atoms with E-state index in [-0.39, 0.29) is 0 Å². The lowest BCUT2D eigenvalue weighted by Gasteiger charge is -2.47. The summed E-state index contributed by atoms with van der Waals surface area (Å²) < 4.78 is 1.37. The first kappa shape index (κ1) is 12.2. The summed E-state index contributed by atoms with van der Waals surface area (Å²) in [4.78, 5) is 0. The number of hydrogen-bond acceptors (Lipinski definition) is 0. The van der Waals surface area contributed by atoms with Crippen LogP contribution in [0.2, 0.25) is 0 Å². The van der Waals surface area contributed by atoms with Crippen molar-refractivity contribution in [3.63, 3.8) is 0 Å². The fraction of sp³-hybridized carbons (Fsp3) is 0.647. The normalized spacial score (nSPS) is 38.9. The summed E-state index contributed by atoms with van der Waals surface area (Å²) in [5.41, 5.74) is 1.58. The van der Waals surface area contributed by atoms with Crippen LogP contribution in [-0.2, 0) is 0 Å². The minimum absolute atomic E-state index is 0.826. The Morgan fingerprint density at radius 2 is 1.67 bits per heavy atom. The van der Waals surface area contributed by atoms with Crippen LogP contribution in [-0.4, -0.2) is 30.2 Å². The van der Waals surface area contributed by atoms with Crippen molar-refractivity contribution in [1.82, 2.24) is 0 Å². The van der Waals surface area contributed by atoms with Crippen LogP contribution >= 0.6 is 0 Å². The quantitative estimate of drug-likeness (QED) is 0.706. The Labute approximate surface area is 111 Å². The molecule has 0 radical (unpaired) electrons. The lowest BCUT2D eigenvalue weighted by atomic mass is 9.83. The van der Waals surface area contributed by atoms with Crippen molar-refractivity contribution >= 4 is 0 Å². The van der Waals surface area contributed by atoms with Crippen molar-refractivity contribution in [2.45, 2.75) is 57.0 Å². The van der Waals surface area contributed by atoms with Gasteiger partial charge in [-0.1, -0.05) is 37.3 Å². The van der Waals surface area contributed by atoms with Gasteiger partial charge >= 0.3 is 0 Å². The van der Waals surface area contributed by atoms with Gasteiger partial charge in [-0.25, -0.2) is 0 Å². The van der Waals surface area contributed by atoms with E-state index in [4.69, 9.17) is 0 Å². The van der Waals surface area contributed by atoms with Crippen LogP contribution in [0.5, 0.6) is 0 Å². The lowest BCUT2D eigenvalue weighted by Crippen LogP contribution is -2.57. The smallest absolute Gasteiger partial charge is 0.0898 e. The van der Waals surface area contributed by atoms with Crippen LogP contribution in [0.15, 0.2) is 30.3 Å². The van der Waals surface area contributed by atoms with E-state index in [9.17, 15) is 0 Å². The van der Waals surface area contributed by atoms with Crippen molar-refractivity contribution in [2.24, 2.45) is 0 Å². The molecule has 0 N–H and O–H groups in total. The Kier molecular flexibility index (Phi) is 3.19. The Hall–Kier alpha value is -0.820. The van der Waals surface area contributed by atoms with E-state index in [0.717, 1.165) is 18.0 Å². The Morgan fingerprint density at radius 1 is 1.06 bits per heavy atom. The second-order valence-electron chi connectivity index (χ2n) is 6.53. The van der Waals surface area contributed by atoms with Crippen LogP contribution in [0.1, 0.15) is 50.5 Å². The van der Waals surface area contributed by atoms with Gasteiger partial charge < -0.3 is 4.48 Å². The van der Waals surface area contributed by atoms with E-state index >= 15 is 0 Å². The lowest BCUT2D eigenvalue weighted by molar-refractivity contribution is -0.948. The average Bonchev–Trinajstić information content (AvgIpc) is 2.58. The molecule has 18 heavy (non-hydrogen) atoms. The first-order chi connectivity index (χ1) is 8.74. The van der Waals surface area contributed by atoms with Gasteiger partial charge in [-0.05, 0) is 17.9 Å². The van der Waals surface area contributed by atoms with Crippen molar-refractivity contribution in [2.75, 3.05) is 13.6 Å². The predicted molar refractivity (Wildman–Crippen MR) is 76.6 cm³/mol. The number of nitrogens with zero attached hydrogens (tertiary/aromatic N) is 1. The van der Waals surface area contributed by atoms with Crippen molar-refractivity contribution in [3.8, 4) is 0 Å². The molecule has 0 spiro atoms. The fourth-order valence-corrected chi connectivity index (χ4v) is 4.59. The summed E-state index contributed by atoms with van der Waals surface area (Å²) in [5.74, 6) is 0.826. The standard InChI is InChI=1S/C17H26N/c1-3-11-18(2)16-9-10-17(18)13-15(12-16)14-7-5-4-6-8-14/h4-8,15-17H,3,9-13H2,1-2H3/q+1/t15-,16-,17+,18?. The van der Waals surface area contributed by atoms with E-state index < -0.39 is 0 Å². The molecule has 2 aliphatic heterocycles. The van der Waals surface area contributed by atoms with Crippen LogP contribution in [0, 0.1) is 0 Å². The predicted octanol–water partition coefficient (Wildman–Crippen LogP) is 3.95. The van der Waals surface area contributed by atoms with Crippen LogP contribution in [0.25, 0.3) is 0 Å². The monoisotopic (exact) mass is 244 g/mol. The number of quaternary nitrogens is 1. The minimum Gasteiger partial charge on any atom is -0.321 e. The molecule has 1 nitrogen and oxygen atoms in total. The van der Waals surface area contributed by atoms with Crippen molar-refractivity contribution in [3.05, 3.63) is 35.9 Å². The molecule has 2 bridgehead atoms. The van der Waals surface area contributed by atoms with Crippen LogP contribution < -0.4 is 0 Å². The van der Waals surface area contributed by atoms with E-state index in [1.54, 1.807) is 5.56 Å². The maximum atomic E-state index is 2.52. The summed E-state index contributed by atoms with van der Waals surface area (Å²) in [6, 6.07) is 13.1. The van der Waals surface area contributed by atoms with E-state index in [2.05, 4.69) is 44.3 Å². The third kappa shape index (κ3) is 1.89. The van der Waals surface area contributed by atoms with Crippen molar-refractivity contribution in [1.29, 1.82) is 0 Å². The van der Waals surface area contributed by atoms with Crippen molar-refractivity contribution < 1.29 is 4.48 Å². The maximum Gasteiger partial charge on any atom is 0.0898 e. The molecule has 1 unspecified atom stereocenters. The second kappa shape index (κ2) is 4.70. The summed E-state index contributed by atoms with van der Waals surface area (Å²) in [7, 11) is 2.52. The maximum absolute atomic E-state index is 2.52. The molecule has 0 aromatic heterocycles. The molecular weight excluding hydrogens is 218 g/mol. The van der Waals surface area contributed by atoms with E-state index in [1.807, 2.05) is 0 Å². The van der Waals surface area contributed by atoms with E-state index in [0.29, 0.717) is 0 Å². The molecule has 98 valence electrons. The van der Waals surface area contributed by atoms with Gasteiger partial charge in [-0.3, -0.25) is 0 Å². The zero-order chi connectivity index (χ0) is 12.6. The Bertz CT molecular complexity index is 383. The summed E-state index contributed by atoms with van der Waals surface area (Å²) in [5, 5.41) is 0. The molecule has 2 heterocycles. The zero-order valence-electron chi connectivity index (χ0n) is 11.8. The second-order valence-corrected chi connectivity index (χ2v) is 6.53. The number of piperidine rings is 1. The highest BCUT2D eigenvalue weighted by Gasteiger charge is 2.50. The summed E-state index contributed by atoms with van der Waals surface area (Å²) in [6.45, 7) is 3.73. The first-order valence-electron chi connectivity index (χ1n) is 7.64. The summed E-state index contributed by atoms with van der Waals surface area (Å²) >= 11 is 0. The topological polar surface area (TPSA) is 0 Å². The molecule has 2 saturated heterocycles. The highest BCUT2D eigenvalue weighted by atomic mass is 15.4. The highest BCUT2D eigenvalue weighted by molar-refractivity contribution is 5.20. The van der Waals surface area contributed by atoms with Crippen LogP contribution in [0.3, 0.4) is 0 Å². The van der Waals surface area contributed by atoms with Gasteiger partial charge in [0, 0.05) is 25.7 Å². The minimum atomic E-state index is 0.826. The largest absolute Gasteiger partial charge is 0.321 e. The van der Waals surface area contributed by atoms with Gasteiger partial charge in [0.15, 0.2) is 0 Å². The molecule has 2 fully saturated rings. The Morgan fingerprint density at radius 3 is 2.22 bits per heavy atom. The van der Waals surface area contributed by atoms with E-state index in [1.165, 1.54) is 43.1 Å². The molecule has 3 rings (SSSR count). The SMILES string of the molecule is CCC[N+]1(C)[C@@H]2CC[C@H]1C[C@H](c1ccccc1)C2. The third-order valence-corrected chi connectivity index (χ3v) is 5.59. The molecule has 1 aromatic carbocycles. The number of rotatable bonds is 3. The first-order valence-corrected chi connectivity index (χ1v) is 7.64. The molecule has 0 amide bonds. The van der Waals surface area contributed by atoms with Gasteiger partial charge in [0.05, 0.1) is 25.7 Å². The average molecular weight is 244 g/mol. The summed E-state index contributed by atoms with van der Waals surface area (Å²) in [6.07, 6.45) is 7.09. The fourth-order valence-electron chi connectivity index (χ4n) is 4.59. The molecular formula is C17H26N+. The Balaban J connectivity index is 1.80. The third-order valence-electron chi connectivity index (χ3n) is 5.59. The zero-order valence-corrected chi connectivity index (χ0v) is 11.8. The highest BCUT2D eigenvalue weighted by Crippen LogP contribution is 2.46. The van der Waals surface area contributed by atoms with Gasteiger partial charge in [0.1, 0.15) is 0 Å². The number of fused-ring (bicyclic) bond motifs is 2. The van der Waals surface area contributed by atoms with Gasteiger partial charge in [-0.15, -0.1) is 0 Å². The van der Waals surface area contributed by atoms with Gasteiger partial charge in [0.2, 0.25) is 0 Å². The molecule has 2 aliphatic rings. The molecule has 1 heteroatoms. The van der Waals surface area contributed by atoms with Gasteiger partial charge in [0.25, 0.3) is 0 Å². The number of benzene rings is 1. The molecule has 0 saturated carbocycles. The number of hydrogen-bond donors (Lipinski definition) is 0. The molecule has 4 atom stereocenters. The molecule has 0 aliphatic carbocycles. The van der Waals surface area contributed by atoms with Crippen LogP contribution in [0.4, 0.5) is 0 Å². The molecule has 1 aromatic rings. The van der Waals surface area contributed by atoms with Gasteiger partial charge in [-0.2, -0.15) is 0 Å².